The highest BCUT2D eigenvalue weighted by Crippen LogP contribution is 2.18. The Morgan fingerprint density at radius 1 is 1.33 bits per heavy atom. The summed E-state index contributed by atoms with van der Waals surface area (Å²) in [5.41, 5.74) is 1.93. The second-order valence-electron chi connectivity index (χ2n) is 4.78. The Bertz CT molecular complexity index is 621. The average molecular weight is 292 g/mol. The minimum absolute atomic E-state index is 0.259. The summed E-state index contributed by atoms with van der Waals surface area (Å²) in [6.45, 7) is 4.58. The van der Waals surface area contributed by atoms with E-state index in [1.165, 1.54) is 0 Å². The number of hydrogen-bond donors (Lipinski definition) is 1. The fourth-order valence-corrected chi connectivity index (χ4v) is 2.23. The quantitative estimate of drug-likeness (QED) is 0.754. The van der Waals surface area contributed by atoms with E-state index in [0.29, 0.717) is 25.3 Å². The van der Waals surface area contributed by atoms with Gasteiger partial charge in [-0.2, -0.15) is 0 Å². The van der Waals surface area contributed by atoms with Crippen LogP contribution >= 0.6 is 0 Å². The molecular formula is C15H20N2O4. The van der Waals surface area contributed by atoms with Crippen molar-refractivity contribution in [1.82, 2.24) is 9.55 Å². The summed E-state index contributed by atoms with van der Waals surface area (Å²) < 4.78 is 12.4. The van der Waals surface area contributed by atoms with Crippen LogP contribution in [-0.4, -0.2) is 47.6 Å². The standard InChI is InChI=1S/C15H20N2O4/c1-11-16-13-10-12(15(18)19)4-5-14(13)17(11)6-3-7-21-9-8-20-2/h4-5,10H,3,6-9H2,1-2H3,(H,18,19). The van der Waals surface area contributed by atoms with Crippen molar-refractivity contribution >= 4 is 17.0 Å². The maximum absolute atomic E-state index is 11.0. The van der Waals surface area contributed by atoms with E-state index in [2.05, 4.69) is 9.55 Å². The molecule has 0 saturated carbocycles. The van der Waals surface area contributed by atoms with Gasteiger partial charge in [-0.05, 0) is 31.5 Å². The fourth-order valence-electron chi connectivity index (χ4n) is 2.23. The summed E-state index contributed by atoms with van der Waals surface area (Å²) in [5, 5.41) is 9.00. The van der Waals surface area contributed by atoms with Gasteiger partial charge < -0.3 is 19.1 Å². The van der Waals surface area contributed by atoms with Crippen LogP contribution in [0.4, 0.5) is 0 Å². The molecule has 1 aromatic carbocycles. The van der Waals surface area contributed by atoms with Crippen LogP contribution in [-0.2, 0) is 16.0 Å². The first-order chi connectivity index (χ1) is 10.1. The molecule has 0 bridgehead atoms. The van der Waals surface area contributed by atoms with E-state index in [1.54, 1.807) is 19.2 Å². The number of rotatable bonds is 8. The third-order valence-corrected chi connectivity index (χ3v) is 3.29. The molecule has 0 amide bonds. The van der Waals surface area contributed by atoms with E-state index < -0.39 is 5.97 Å². The van der Waals surface area contributed by atoms with Gasteiger partial charge in [0, 0.05) is 20.3 Å². The maximum atomic E-state index is 11.0. The zero-order valence-electron chi connectivity index (χ0n) is 12.3. The molecule has 2 rings (SSSR count). The van der Waals surface area contributed by atoms with E-state index >= 15 is 0 Å². The molecule has 0 aliphatic rings. The lowest BCUT2D eigenvalue weighted by molar-refractivity contribution is 0.0681. The topological polar surface area (TPSA) is 73.6 Å². The number of aryl methyl sites for hydroxylation is 2. The van der Waals surface area contributed by atoms with Crippen molar-refractivity contribution in [2.45, 2.75) is 19.9 Å². The third kappa shape index (κ3) is 3.80. The normalized spacial score (nSPS) is 11.1. The van der Waals surface area contributed by atoms with E-state index in [0.717, 1.165) is 24.3 Å². The molecule has 21 heavy (non-hydrogen) atoms. The smallest absolute Gasteiger partial charge is 0.335 e. The van der Waals surface area contributed by atoms with Crippen molar-refractivity contribution in [1.29, 1.82) is 0 Å². The molecule has 114 valence electrons. The van der Waals surface area contributed by atoms with Crippen LogP contribution < -0.4 is 0 Å². The molecule has 0 spiro atoms. The van der Waals surface area contributed by atoms with Gasteiger partial charge >= 0.3 is 5.97 Å². The number of aromatic nitrogens is 2. The van der Waals surface area contributed by atoms with Crippen molar-refractivity contribution in [2.24, 2.45) is 0 Å². The number of carboxylic acids is 1. The Labute approximate surface area is 123 Å². The number of hydrogen-bond acceptors (Lipinski definition) is 4. The molecule has 0 unspecified atom stereocenters. The molecule has 0 fully saturated rings. The molecular weight excluding hydrogens is 272 g/mol. The minimum Gasteiger partial charge on any atom is -0.478 e. The van der Waals surface area contributed by atoms with Crippen LogP contribution in [0.2, 0.25) is 0 Å². The van der Waals surface area contributed by atoms with Gasteiger partial charge in [-0.1, -0.05) is 0 Å². The molecule has 0 radical (unpaired) electrons. The fraction of sp³-hybridized carbons (Fsp3) is 0.467. The van der Waals surface area contributed by atoms with E-state index in [9.17, 15) is 4.79 Å². The van der Waals surface area contributed by atoms with Crippen molar-refractivity contribution in [3.05, 3.63) is 29.6 Å². The molecule has 0 aliphatic heterocycles. The zero-order valence-corrected chi connectivity index (χ0v) is 12.3. The predicted octanol–water partition coefficient (Wildman–Crippen LogP) is 2.10. The summed E-state index contributed by atoms with van der Waals surface area (Å²) in [7, 11) is 1.65. The lowest BCUT2D eigenvalue weighted by Crippen LogP contribution is -2.07. The predicted molar refractivity (Wildman–Crippen MR) is 78.7 cm³/mol. The second kappa shape index (κ2) is 7.19. The van der Waals surface area contributed by atoms with Gasteiger partial charge in [0.25, 0.3) is 0 Å². The Morgan fingerprint density at radius 3 is 2.86 bits per heavy atom. The van der Waals surface area contributed by atoms with Gasteiger partial charge in [0.15, 0.2) is 0 Å². The van der Waals surface area contributed by atoms with E-state index in [-0.39, 0.29) is 5.56 Å². The molecule has 1 N–H and O–H groups in total. The average Bonchev–Trinajstić information content (AvgIpc) is 2.77. The van der Waals surface area contributed by atoms with Gasteiger partial charge in [-0.15, -0.1) is 0 Å². The van der Waals surface area contributed by atoms with Gasteiger partial charge in [-0.3, -0.25) is 0 Å². The summed E-state index contributed by atoms with van der Waals surface area (Å²) in [5.74, 6) is -0.0555. The third-order valence-electron chi connectivity index (χ3n) is 3.29. The summed E-state index contributed by atoms with van der Waals surface area (Å²) in [6, 6.07) is 5.03. The second-order valence-corrected chi connectivity index (χ2v) is 4.78. The Balaban J connectivity index is 2.03. The Kier molecular flexibility index (Phi) is 5.30. The monoisotopic (exact) mass is 292 g/mol. The van der Waals surface area contributed by atoms with Crippen LogP contribution in [0.1, 0.15) is 22.6 Å². The molecule has 0 aliphatic carbocycles. The number of aromatic carboxylic acids is 1. The first-order valence-electron chi connectivity index (χ1n) is 6.90. The van der Waals surface area contributed by atoms with Crippen LogP contribution in [0.3, 0.4) is 0 Å². The number of carboxylic acid groups (broad SMARTS) is 1. The number of methoxy groups -OCH3 is 1. The largest absolute Gasteiger partial charge is 0.478 e. The Morgan fingerprint density at radius 2 is 2.14 bits per heavy atom. The van der Waals surface area contributed by atoms with Gasteiger partial charge in [0.05, 0.1) is 29.8 Å². The number of imidazole rings is 1. The van der Waals surface area contributed by atoms with Gasteiger partial charge in [0.2, 0.25) is 0 Å². The van der Waals surface area contributed by atoms with Crippen LogP contribution in [0, 0.1) is 6.92 Å². The molecule has 6 heteroatoms. The molecule has 2 aromatic rings. The van der Waals surface area contributed by atoms with Crippen molar-refractivity contribution < 1.29 is 19.4 Å². The lowest BCUT2D eigenvalue weighted by Gasteiger charge is -2.07. The Hall–Kier alpha value is -1.92. The maximum Gasteiger partial charge on any atom is 0.335 e. The zero-order chi connectivity index (χ0) is 15.2. The molecule has 0 saturated heterocycles. The van der Waals surface area contributed by atoms with Crippen molar-refractivity contribution in [2.75, 3.05) is 26.9 Å². The SMILES string of the molecule is COCCOCCCn1c(C)nc2cc(C(=O)O)ccc21. The highest BCUT2D eigenvalue weighted by molar-refractivity contribution is 5.92. The molecule has 1 aromatic heterocycles. The first-order valence-corrected chi connectivity index (χ1v) is 6.90. The lowest BCUT2D eigenvalue weighted by atomic mass is 10.2. The van der Waals surface area contributed by atoms with Crippen molar-refractivity contribution in [3.63, 3.8) is 0 Å². The number of benzene rings is 1. The summed E-state index contributed by atoms with van der Waals surface area (Å²) >= 11 is 0. The molecule has 0 atom stereocenters. The van der Waals surface area contributed by atoms with Gasteiger partial charge in [0.1, 0.15) is 5.82 Å². The van der Waals surface area contributed by atoms with E-state index in [1.807, 2.05) is 13.0 Å². The molecule has 1 heterocycles. The van der Waals surface area contributed by atoms with Crippen LogP contribution in [0.15, 0.2) is 18.2 Å². The van der Waals surface area contributed by atoms with Crippen LogP contribution in [0.25, 0.3) is 11.0 Å². The number of nitrogens with zero attached hydrogens (tertiary/aromatic N) is 2. The van der Waals surface area contributed by atoms with Gasteiger partial charge in [-0.25, -0.2) is 9.78 Å². The number of carbonyl (C=O) groups is 1. The highest BCUT2D eigenvalue weighted by atomic mass is 16.5. The minimum atomic E-state index is -0.935. The van der Waals surface area contributed by atoms with Crippen LogP contribution in [0.5, 0.6) is 0 Å². The summed E-state index contributed by atoms with van der Waals surface area (Å²) in [6.07, 6.45) is 0.872. The molecule has 6 nitrogen and oxygen atoms in total. The number of fused-ring (bicyclic) bond motifs is 1. The summed E-state index contributed by atoms with van der Waals surface area (Å²) in [4.78, 5) is 15.4. The van der Waals surface area contributed by atoms with Crippen molar-refractivity contribution in [3.8, 4) is 0 Å². The van der Waals surface area contributed by atoms with E-state index in [4.69, 9.17) is 14.6 Å². The number of ether oxygens (including phenoxy) is 2. The first kappa shape index (κ1) is 15.5. The highest BCUT2D eigenvalue weighted by Gasteiger charge is 2.10.